The van der Waals surface area contributed by atoms with Crippen LogP contribution in [0, 0.1) is 11.3 Å². The summed E-state index contributed by atoms with van der Waals surface area (Å²) in [6.07, 6.45) is 3.01. The Morgan fingerprint density at radius 1 is 1.10 bits per heavy atom. The Labute approximate surface area is 124 Å². The van der Waals surface area contributed by atoms with E-state index in [1.165, 1.54) is 11.1 Å². The third-order valence-corrected chi connectivity index (χ3v) is 4.11. The van der Waals surface area contributed by atoms with E-state index in [9.17, 15) is 5.26 Å². The van der Waals surface area contributed by atoms with Gasteiger partial charge in [0.1, 0.15) is 6.07 Å². The van der Waals surface area contributed by atoms with Crippen LogP contribution in [0.25, 0.3) is 0 Å². The standard InChI is InChI=1S/C17H18N2S/c1-3-13-7-4-5-8-14(13)12-19-16-9-6-10-17(20-2)15(16)11-18/h4-10,19H,3,12H2,1-2H3. The molecule has 0 atom stereocenters. The average molecular weight is 282 g/mol. The second-order valence-corrected chi connectivity index (χ2v) is 5.32. The van der Waals surface area contributed by atoms with E-state index in [0.29, 0.717) is 0 Å². The number of nitrogens with zero attached hydrogens (tertiary/aromatic N) is 1. The predicted octanol–water partition coefficient (Wildman–Crippen LogP) is 4.45. The molecule has 2 nitrogen and oxygen atoms in total. The van der Waals surface area contributed by atoms with Gasteiger partial charge < -0.3 is 5.32 Å². The van der Waals surface area contributed by atoms with E-state index in [-0.39, 0.29) is 0 Å². The molecule has 1 N–H and O–H groups in total. The molecular weight excluding hydrogens is 264 g/mol. The smallest absolute Gasteiger partial charge is 0.102 e. The maximum Gasteiger partial charge on any atom is 0.102 e. The molecule has 0 amide bonds. The molecule has 0 saturated heterocycles. The van der Waals surface area contributed by atoms with Crippen molar-refractivity contribution in [3.63, 3.8) is 0 Å². The highest BCUT2D eigenvalue weighted by atomic mass is 32.2. The van der Waals surface area contributed by atoms with Gasteiger partial charge in [-0.15, -0.1) is 11.8 Å². The van der Waals surface area contributed by atoms with Gasteiger partial charge in [0.2, 0.25) is 0 Å². The zero-order chi connectivity index (χ0) is 14.4. The lowest BCUT2D eigenvalue weighted by Crippen LogP contribution is -2.04. The minimum absolute atomic E-state index is 0.731. The first kappa shape index (κ1) is 14.5. The molecule has 0 spiro atoms. The number of benzene rings is 2. The second kappa shape index (κ2) is 7.02. The fraction of sp³-hybridized carbons (Fsp3) is 0.235. The van der Waals surface area contributed by atoms with Crippen LogP contribution in [-0.4, -0.2) is 6.26 Å². The molecule has 0 fully saturated rings. The maximum absolute atomic E-state index is 9.33. The molecule has 20 heavy (non-hydrogen) atoms. The van der Waals surface area contributed by atoms with Crippen molar-refractivity contribution in [1.29, 1.82) is 5.26 Å². The largest absolute Gasteiger partial charge is 0.380 e. The fourth-order valence-electron chi connectivity index (χ4n) is 2.23. The third kappa shape index (κ3) is 3.15. The van der Waals surface area contributed by atoms with Gasteiger partial charge in [0, 0.05) is 11.4 Å². The van der Waals surface area contributed by atoms with E-state index in [1.54, 1.807) is 11.8 Å². The Kier molecular flexibility index (Phi) is 5.09. The topological polar surface area (TPSA) is 35.8 Å². The molecule has 2 aromatic rings. The number of nitrogens with one attached hydrogen (secondary N) is 1. The summed E-state index contributed by atoms with van der Waals surface area (Å²) in [5, 5.41) is 12.7. The summed E-state index contributed by atoms with van der Waals surface area (Å²) in [5.74, 6) is 0. The average Bonchev–Trinajstić information content (AvgIpc) is 2.52. The van der Waals surface area contributed by atoms with Crippen LogP contribution in [0.1, 0.15) is 23.6 Å². The monoisotopic (exact) mass is 282 g/mol. The summed E-state index contributed by atoms with van der Waals surface area (Å²) in [4.78, 5) is 1.02. The molecule has 0 aliphatic heterocycles. The van der Waals surface area contributed by atoms with Crippen molar-refractivity contribution in [2.24, 2.45) is 0 Å². The predicted molar refractivity (Wildman–Crippen MR) is 86.1 cm³/mol. The van der Waals surface area contributed by atoms with Gasteiger partial charge in [-0.2, -0.15) is 5.26 Å². The Morgan fingerprint density at radius 3 is 2.50 bits per heavy atom. The van der Waals surface area contributed by atoms with Gasteiger partial charge in [-0.3, -0.25) is 0 Å². The maximum atomic E-state index is 9.33. The summed E-state index contributed by atoms with van der Waals surface area (Å²) in [5.41, 5.74) is 4.27. The number of hydrogen-bond donors (Lipinski definition) is 1. The van der Waals surface area contributed by atoms with Crippen LogP contribution >= 0.6 is 11.8 Å². The van der Waals surface area contributed by atoms with E-state index in [2.05, 4.69) is 42.6 Å². The zero-order valence-corrected chi connectivity index (χ0v) is 12.6. The van der Waals surface area contributed by atoms with E-state index < -0.39 is 0 Å². The summed E-state index contributed by atoms with van der Waals surface area (Å²) < 4.78 is 0. The van der Waals surface area contributed by atoms with Crippen molar-refractivity contribution in [3.05, 3.63) is 59.2 Å². The van der Waals surface area contributed by atoms with Crippen LogP contribution in [0.2, 0.25) is 0 Å². The summed E-state index contributed by atoms with van der Waals surface area (Å²) in [7, 11) is 0. The Hall–Kier alpha value is -1.92. The molecule has 0 radical (unpaired) electrons. The van der Waals surface area contributed by atoms with Gasteiger partial charge in [0.25, 0.3) is 0 Å². The Bertz CT molecular complexity index is 629. The molecular formula is C17H18N2S. The van der Waals surface area contributed by atoms with Gasteiger partial charge in [-0.25, -0.2) is 0 Å². The van der Waals surface area contributed by atoms with Crippen LogP contribution in [-0.2, 0) is 13.0 Å². The van der Waals surface area contributed by atoms with Crippen molar-refractivity contribution in [2.75, 3.05) is 11.6 Å². The van der Waals surface area contributed by atoms with Crippen molar-refractivity contribution < 1.29 is 0 Å². The Morgan fingerprint density at radius 2 is 1.85 bits per heavy atom. The molecule has 0 aliphatic carbocycles. The highest BCUT2D eigenvalue weighted by Gasteiger charge is 2.07. The molecule has 0 saturated carbocycles. The second-order valence-electron chi connectivity index (χ2n) is 4.47. The quantitative estimate of drug-likeness (QED) is 0.823. The summed E-state index contributed by atoms with van der Waals surface area (Å²) >= 11 is 1.60. The third-order valence-electron chi connectivity index (χ3n) is 3.33. The van der Waals surface area contributed by atoms with Crippen LogP contribution in [0.5, 0.6) is 0 Å². The molecule has 0 unspecified atom stereocenters. The fourth-order valence-corrected chi connectivity index (χ4v) is 2.80. The minimum Gasteiger partial charge on any atom is -0.380 e. The lowest BCUT2D eigenvalue weighted by atomic mass is 10.1. The SMILES string of the molecule is CCc1ccccc1CNc1cccc(SC)c1C#N. The number of aryl methyl sites for hydroxylation is 1. The van der Waals surface area contributed by atoms with Crippen molar-refractivity contribution >= 4 is 17.4 Å². The molecule has 2 rings (SSSR count). The number of anilines is 1. The van der Waals surface area contributed by atoms with E-state index >= 15 is 0 Å². The molecule has 102 valence electrons. The zero-order valence-electron chi connectivity index (χ0n) is 11.8. The van der Waals surface area contributed by atoms with E-state index in [4.69, 9.17) is 0 Å². The summed E-state index contributed by atoms with van der Waals surface area (Å²) in [6, 6.07) is 16.6. The highest BCUT2D eigenvalue weighted by molar-refractivity contribution is 7.98. The normalized spacial score (nSPS) is 10.1. The van der Waals surface area contributed by atoms with Gasteiger partial charge in [-0.1, -0.05) is 37.3 Å². The number of rotatable bonds is 5. The molecule has 0 aliphatic rings. The molecule has 0 heterocycles. The first-order chi connectivity index (χ1) is 9.80. The van der Waals surface area contributed by atoms with Crippen molar-refractivity contribution in [2.45, 2.75) is 24.8 Å². The van der Waals surface area contributed by atoms with Crippen LogP contribution in [0.15, 0.2) is 47.4 Å². The minimum atomic E-state index is 0.731. The number of nitriles is 1. The van der Waals surface area contributed by atoms with Crippen LogP contribution in [0.4, 0.5) is 5.69 Å². The van der Waals surface area contributed by atoms with Gasteiger partial charge in [0.15, 0.2) is 0 Å². The van der Waals surface area contributed by atoms with Crippen molar-refractivity contribution in [3.8, 4) is 6.07 Å². The van der Waals surface area contributed by atoms with E-state index in [0.717, 1.165) is 29.1 Å². The van der Waals surface area contributed by atoms with Crippen molar-refractivity contribution in [1.82, 2.24) is 0 Å². The van der Waals surface area contributed by atoms with Gasteiger partial charge in [0.05, 0.1) is 11.3 Å². The molecule has 3 heteroatoms. The lowest BCUT2D eigenvalue weighted by molar-refractivity contribution is 1.04. The highest BCUT2D eigenvalue weighted by Crippen LogP contribution is 2.26. The number of hydrogen-bond acceptors (Lipinski definition) is 3. The van der Waals surface area contributed by atoms with Gasteiger partial charge >= 0.3 is 0 Å². The number of thioether (sulfide) groups is 1. The summed E-state index contributed by atoms with van der Waals surface area (Å²) in [6.45, 7) is 2.91. The van der Waals surface area contributed by atoms with Crippen LogP contribution in [0.3, 0.4) is 0 Å². The molecule has 0 bridgehead atoms. The molecule has 2 aromatic carbocycles. The lowest BCUT2D eigenvalue weighted by Gasteiger charge is -2.12. The van der Waals surface area contributed by atoms with Gasteiger partial charge in [-0.05, 0) is 35.9 Å². The molecule has 0 aromatic heterocycles. The van der Waals surface area contributed by atoms with E-state index in [1.807, 2.05) is 24.5 Å². The first-order valence-electron chi connectivity index (χ1n) is 6.68. The Balaban J connectivity index is 2.21. The first-order valence-corrected chi connectivity index (χ1v) is 7.90. The van der Waals surface area contributed by atoms with Crippen LogP contribution < -0.4 is 5.32 Å².